The number of aromatic nitrogens is 2. The average molecular weight is 419 g/mol. The summed E-state index contributed by atoms with van der Waals surface area (Å²) in [5, 5.41) is 16.0. The lowest BCUT2D eigenvalue weighted by atomic mass is 10.00. The van der Waals surface area contributed by atoms with E-state index in [9.17, 15) is 9.90 Å². The van der Waals surface area contributed by atoms with E-state index in [0.29, 0.717) is 23.5 Å². The molecule has 150 valence electrons. The van der Waals surface area contributed by atoms with Gasteiger partial charge >= 0.3 is 5.97 Å². The van der Waals surface area contributed by atoms with Gasteiger partial charge in [-0.25, -0.2) is 14.8 Å². The van der Waals surface area contributed by atoms with Crippen LogP contribution >= 0.6 is 11.3 Å². The zero-order chi connectivity index (χ0) is 20.7. The molecule has 0 saturated heterocycles. The number of nitrogens with one attached hydrogen (secondary N) is 1. The maximum Gasteiger partial charge on any atom is 0.336 e. The van der Waals surface area contributed by atoms with Gasteiger partial charge < -0.3 is 19.9 Å². The molecule has 0 saturated carbocycles. The quantitative estimate of drug-likeness (QED) is 0.484. The molecule has 2 aromatic heterocycles. The van der Waals surface area contributed by atoms with Gasteiger partial charge in [-0.1, -0.05) is 6.07 Å². The summed E-state index contributed by atoms with van der Waals surface area (Å²) in [6.45, 7) is 2.56. The number of ether oxygens (including phenoxy) is 2. The molecule has 0 atom stereocenters. The van der Waals surface area contributed by atoms with E-state index in [1.807, 2.05) is 35.7 Å². The lowest BCUT2D eigenvalue weighted by molar-refractivity contribution is 0.0697. The molecule has 0 aliphatic carbocycles. The molecule has 30 heavy (non-hydrogen) atoms. The zero-order valence-electron chi connectivity index (χ0n) is 16.0. The number of anilines is 1. The van der Waals surface area contributed by atoms with E-state index in [1.165, 1.54) is 11.3 Å². The van der Waals surface area contributed by atoms with Crippen molar-refractivity contribution in [2.24, 2.45) is 0 Å². The first kappa shape index (κ1) is 18.4. The largest absolute Gasteiger partial charge is 0.478 e. The van der Waals surface area contributed by atoms with E-state index < -0.39 is 5.97 Å². The van der Waals surface area contributed by atoms with Crippen LogP contribution in [0.2, 0.25) is 0 Å². The molecular weight excluding hydrogens is 402 g/mol. The van der Waals surface area contributed by atoms with E-state index in [4.69, 9.17) is 9.47 Å². The summed E-state index contributed by atoms with van der Waals surface area (Å²) in [6.07, 6.45) is 1.72. The monoisotopic (exact) mass is 419 g/mol. The normalized spacial score (nSPS) is 12.3. The van der Waals surface area contributed by atoms with Gasteiger partial charge in [-0.05, 0) is 53.8 Å². The number of carboxylic acids is 1. The van der Waals surface area contributed by atoms with Crippen LogP contribution in [0.5, 0.6) is 11.5 Å². The van der Waals surface area contributed by atoms with Gasteiger partial charge in [-0.3, -0.25) is 0 Å². The highest BCUT2D eigenvalue weighted by Gasteiger charge is 2.19. The zero-order valence-corrected chi connectivity index (χ0v) is 16.8. The van der Waals surface area contributed by atoms with Gasteiger partial charge in [0.15, 0.2) is 17.3 Å². The summed E-state index contributed by atoms with van der Waals surface area (Å²) in [4.78, 5) is 21.7. The number of thiophene rings is 1. The van der Waals surface area contributed by atoms with Crippen molar-refractivity contribution >= 4 is 33.2 Å². The Labute approximate surface area is 175 Å². The molecule has 0 bridgehead atoms. The van der Waals surface area contributed by atoms with E-state index in [0.717, 1.165) is 33.0 Å². The van der Waals surface area contributed by atoms with Crippen LogP contribution in [0.3, 0.4) is 0 Å². The first-order valence-electron chi connectivity index (χ1n) is 9.29. The number of carbonyl (C=O) groups is 1. The number of aromatic carboxylic acids is 1. The van der Waals surface area contributed by atoms with Crippen LogP contribution in [-0.4, -0.2) is 27.8 Å². The molecule has 5 rings (SSSR count). The van der Waals surface area contributed by atoms with Crippen molar-refractivity contribution in [3.8, 4) is 22.9 Å². The molecule has 0 radical (unpaired) electrons. The summed E-state index contributed by atoms with van der Waals surface area (Å²) < 4.78 is 10.8. The molecular formula is C22H17N3O4S. The molecule has 0 amide bonds. The molecule has 7 nitrogen and oxygen atoms in total. The van der Waals surface area contributed by atoms with Crippen LogP contribution in [0, 0.1) is 6.92 Å². The Bertz CT molecular complexity index is 1280. The lowest BCUT2D eigenvalue weighted by Gasteiger charge is -2.13. The number of carboxylic acid groups (broad SMARTS) is 1. The molecule has 0 unspecified atom stereocenters. The third-order valence-electron chi connectivity index (χ3n) is 4.93. The third-order valence-corrected chi connectivity index (χ3v) is 5.75. The molecule has 1 aliphatic heterocycles. The van der Waals surface area contributed by atoms with Gasteiger partial charge in [0.05, 0.1) is 5.56 Å². The van der Waals surface area contributed by atoms with Crippen LogP contribution in [-0.2, 0) is 6.54 Å². The lowest BCUT2D eigenvalue weighted by Crippen LogP contribution is -2.07. The Morgan fingerprint density at radius 2 is 2.07 bits per heavy atom. The maximum atomic E-state index is 11.9. The highest BCUT2D eigenvalue weighted by Crippen LogP contribution is 2.33. The number of hydrogen-bond acceptors (Lipinski definition) is 7. The van der Waals surface area contributed by atoms with Crippen LogP contribution in [0.15, 0.2) is 48.0 Å². The summed E-state index contributed by atoms with van der Waals surface area (Å²) in [5.41, 5.74) is 3.16. The van der Waals surface area contributed by atoms with Crippen LogP contribution < -0.4 is 14.8 Å². The van der Waals surface area contributed by atoms with Crippen LogP contribution in [0.25, 0.3) is 21.6 Å². The fraction of sp³-hybridized carbons (Fsp3) is 0.136. The molecule has 8 heteroatoms. The van der Waals surface area contributed by atoms with Gasteiger partial charge in [0, 0.05) is 29.4 Å². The minimum atomic E-state index is -1.00. The van der Waals surface area contributed by atoms with Gasteiger partial charge in [0.1, 0.15) is 4.83 Å². The SMILES string of the molecule is Cc1cc(NCc2ccc3c(c2)OCO3)cc(-c2ncc3ccsc3n2)c1C(=O)O. The molecule has 4 aromatic rings. The van der Waals surface area contributed by atoms with Gasteiger partial charge in [0.2, 0.25) is 6.79 Å². The second-order valence-corrected chi connectivity index (χ2v) is 7.83. The smallest absolute Gasteiger partial charge is 0.336 e. The van der Waals surface area contributed by atoms with Crippen LogP contribution in [0.4, 0.5) is 5.69 Å². The van der Waals surface area contributed by atoms with Crippen molar-refractivity contribution in [1.82, 2.24) is 9.97 Å². The molecule has 0 fully saturated rings. The van der Waals surface area contributed by atoms with Crippen molar-refractivity contribution in [2.75, 3.05) is 12.1 Å². The van der Waals surface area contributed by atoms with Gasteiger partial charge in [-0.2, -0.15) is 0 Å². The summed E-state index contributed by atoms with van der Waals surface area (Å²) in [7, 11) is 0. The molecule has 1 aliphatic rings. The number of nitrogens with zero attached hydrogens (tertiary/aromatic N) is 2. The fourth-order valence-electron chi connectivity index (χ4n) is 3.49. The van der Waals surface area contributed by atoms with Crippen molar-refractivity contribution in [2.45, 2.75) is 13.5 Å². The molecule has 2 N–H and O–H groups in total. The predicted octanol–water partition coefficient (Wildman–Crippen LogP) is 4.71. The second kappa shape index (κ2) is 7.31. The summed E-state index contributed by atoms with van der Waals surface area (Å²) >= 11 is 1.50. The second-order valence-electron chi connectivity index (χ2n) is 6.94. The average Bonchev–Trinajstić information content (AvgIpc) is 3.39. The predicted molar refractivity (Wildman–Crippen MR) is 114 cm³/mol. The highest BCUT2D eigenvalue weighted by atomic mass is 32.1. The topological polar surface area (TPSA) is 93.6 Å². The van der Waals surface area contributed by atoms with E-state index >= 15 is 0 Å². The number of aryl methyl sites for hydroxylation is 1. The Morgan fingerprint density at radius 1 is 1.20 bits per heavy atom. The maximum absolute atomic E-state index is 11.9. The minimum absolute atomic E-state index is 0.208. The molecule has 0 spiro atoms. The van der Waals surface area contributed by atoms with Gasteiger partial charge in [0.25, 0.3) is 0 Å². The Kier molecular flexibility index (Phi) is 4.48. The number of hydrogen-bond donors (Lipinski definition) is 2. The summed E-state index contributed by atoms with van der Waals surface area (Å²) in [6, 6.07) is 11.3. The number of benzene rings is 2. The Balaban J connectivity index is 1.49. The molecule has 2 aromatic carbocycles. The van der Waals surface area contributed by atoms with Crippen molar-refractivity contribution in [3.05, 3.63) is 64.7 Å². The highest BCUT2D eigenvalue weighted by molar-refractivity contribution is 7.16. The first-order chi connectivity index (χ1) is 14.6. The van der Waals surface area contributed by atoms with Crippen molar-refractivity contribution < 1.29 is 19.4 Å². The number of rotatable bonds is 5. The van der Waals surface area contributed by atoms with Gasteiger partial charge in [-0.15, -0.1) is 11.3 Å². The molecule has 3 heterocycles. The standard InChI is InChI=1S/C22H17N3O4S/c1-12-6-15(23-9-13-2-3-17-18(7-13)29-11-28-17)8-16(19(12)22(26)27)20-24-10-14-4-5-30-21(14)25-20/h2-8,10,23H,9,11H2,1H3,(H,26,27). The van der Waals surface area contributed by atoms with Crippen molar-refractivity contribution in [3.63, 3.8) is 0 Å². The van der Waals surface area contributed by atoms with Crippen LogP contribution in [0.1, 0.15) is 21.5 Å². The van der Waals surface area contributed by atoms with Crippen molar-refractivity contribution in [1.29, 1.82) is 0 Å². The Hall–Kier alpha value is -3.65. The Morgan fingerprint density at radius 3 is 2.93 bits per heavy atom. The van der Waals surface area contributed by atoms with E-state index in [1.54, 1.807) is 19.2 Å². The minimum Gasteiger partial charge on any atom is -0.478 e. The van der Waals surface area contributed by atoms with E-state index in [-0.39, 0.29) is 12.4 Å². The number of fused-ring (bicyclic) bond motifs is 2. The first-order valence-corrected chi connectivity index (χ1v) is 10.2. The summed E-state index contributed by atoms with van der Waals surface area (Å²) in [5.74, 6) is 0.866. The third kappa shape index (κ3) is 3.31. The van der Waals surface area contributed by atoms with E-state index in [2.05, 4.69) is 15.3 Å². The fourth-order valence-corrected chi connectivity index (χ4v) is 4.23.